The molecule has 2 fully saturated rings. The topological polar surface area (TPSA) is 34.6 Å². The number of hydrogen-bond donors (Lipinski definition) is 0. The summed E-state index contributed by atoms with van der Waals surface area (Å²) in [6.07, 6.45) is 4.13. The maximum absolute atomic E-state index is 6.24. The van der Waals surface area contributed by atoms with Crippen LogP contribution in [-0.2, 0) is 9.31 Å². The Kier molecular flexibility index (Phi) is 3.53. The number of pyridine rings is 1. The molecule has 0 radical (unpaired) electrons. The van der Waals surface area contributed by atoms with Crippen LogP contribution in [0, 0.1) is 6.92 Å². The van der Waals surface area contributed by atoms with Crippen molar-refractivity contribution in [2.24, 2.45) is 0 Å². The van der Waals surface area contributed by atoms with Crippen molar-refractivity contribution in [2.75, 3.05) is 11.4 Å². The van der Waals surface area contributed by atoms with E-state index in [2.05, 4.69) is 50.6 Å². The molecule has 1 aromatic rings. The lowest BCUT2D eigenvalue weighted by molar-refractivity contribution is 0.00578. The van der Waals surface area contributed by atoms with Gasteiger partial charge in [0.2, 0.25) is 0 Å². The average Bonchev–Trinajstić information content (AvgIpc) is 2.93. The molecule has 2 saturated heterocycles. The van der Waals surface area contributed by atoms with E-state index in [1.54, 1.807) is 0 Å². The Morgan fingerprint density at radius 1 is 1.24 bits per heavy atom. The van der Waals surface area contributed by atoms with Crippen molar-refractivity contribution >= 4 is 12.9 Å². The molecule has 1 atom stereocenters. The normalized spacial score (nSPS) is 27.4. The van der Waals surface area contributed by atoms with Crippen LogP contribution in [0.2, 0.25) is 0 Å². The minimum Gasteiger partial charge on any atom is -0.402 e. The van der Waals surface area contributed by atoms with Gasteiger partial charge in [-0.25, -0.2) is 4.98 Å². The average molecular weight is 288 g/mol. The second kappa shape index (κ2) is 4.99. The van der Waals surface area contributed by atoms with Crippen LogP contribution in [0.15, 0.2) is 18.3 Å². The van der Waals surface area contributed by atoms with E-state index in [1.165, 1.54) is 5.56 Å². The van der Waals surface area contributed by atoms with Gasteiger partial charge in [-0.1, -0.05) is 0 Å². The lowest BCUT2D eigenvalue weighted by Gasteiger charge is -2.32. The second-order valence-electron chi connectivity index (χ2n) is 7.22. The van der Waals surface area contributed by atoms with Crippen LogP contribution in [-0.4, -0.2) is 35.8 Å². The van der Waals surface area contributed by atoms with Crippen molar-refractivity contribution in [3.8, 4) is 0 Å². The van der Waals surface area contributed by atoms with Crippen LogP contribution in [0.25, 0.3) is 0 Å². The van der Waals surface area contributed by atoms with Crippen molar-refractivity contribution in [1.82, 2.24) is 4.98 Å². The first-order valence-electron chi connectivity index (χ1n) is 7.85. The van der Waals surface area contributed by atoms with Crippen LogP contribution in [0.5, 0.6) is 0 Å². The first-order valence-corrected chi connectivity index (χ1v) is 7.85. The van der Waals surface area contributed by atoms with Gasteiger partial charge in [0.1, 0.15) is 5.82 Å². The zero-order valence-electron chi connectivity index (χ0n) is 13.7. The summed E-state index contributed by atoms with van der Waals surface area (Å²) >= 11 is 0. The third-order valence-corrected chi connectivity index (χ3v) is 5.08. The molecule has 0 spiro atoms. The Morgan fingerprint density at radius 2 is 1.90 bits per heavy atom. The van der Waals surface area contributed by atoms with Gasteiger partial charge < -0.3 is 14.2 Å². The standard InChI is InChI=1S/C16H25BN2O2/c1-12-8-9-18-14(11-12)19-10-6-7-13(19)17-20-15(2,3)16(4,5)21-17/h8-9,11,13H,6-7,10H2,1-5H3. The summed E-state index contributed by atoms with van der Waals surface area (Å²) in [6, 6.07) is 4.17. The van der Waals surface area contributed by atoms with Gasteiger partial charge in [-0.3, -0.25) is 0 Å². The Morgan fingerprint density at radius 3 is 2.52 bits per heavy atom. The van der Waals surface area contributed by atoms with Gasteiger partial charge in [0, 0.05) is 12.7 Å². The number of nitrogens with zero attached hydrogens (tertiary/aromatic N) is 2. The molecule has 1 aromatic heterocycles. The van der Waals surface area contributed by atoms with Crippen molar-refractivity contribution in [2.45, 2.75) is 64.6 Å². The number of rotatable bonds is 2. The lowest BCUT2D eigenvalue weighted by Crippen LogP contribution is -2.44. The fraction of sp³-hybridized carbons (Fsp3) is 0.688. The highest BCUT2D eigenvalue weighted by atomic mass is 16.7. The summed E-state index contributed by atoms with van der Waals surface area (Å²) in [5.41, 5.74) is 0.692. The van der Waals surface area contributed by atoms with Crippen molar-refractivity contribution in [3.63, 3.8) is 0 Å². The minimum absolute atomic E-state index is 0.181. The Balaban J connectivity index is 1.83. The van der Waals surface area contributed by atoms with E-state index in [0.29, 0.717) is 0 Å². The third-order valence-electron chi connectivity index (χ3n) is 5.08. The second-order valence-corrected chi connectivity index (χ2v) is 7.22. The number of hydrogen-bond acceptors (Lipinski definition) is 4. The molecule has 0 N–H and O–H groups in total. The molecule has 2 aliphatic rings. The molecule has 0 aliphatic carbocycles. The van der Waals surface area contributed by atoms with E-state index in [-0.39, 0.29) is 24.3 Å². The summed E-state index contributed by atoms with van der Waals surface area (Å²) in [7, 11) is -0.181. The van der Waals surface area contributed by atoms with Crippen molar-refractivity contribution in [1.29, 1.82) is 0 Å². The van der Waals surface area contributed by atoms with Crippen LogP contribution in [0.3, 0.4) is 0 Å². The maximum Gasteiger partial charge on any atom is 0.482 e. The van der Waals surface area contributed by atoms with E-state index in [4.69, 9.17) is 9.31 Å². The van der Waals surface area contributed by atoms with E-state index >= 15 is 0 Å². The van der Waals surface area contributed by atoms with Crippen molar-refractivity contribution < 1.29 is 9.31 Å². The van der Waals surface area contributed by atoms with Gasteiger partial charge in [0.05, 0.1) is 17.1 Å². The Bertz CT molecular complexity index is 517. The van der Waals surface area contributed by atoms with E-state index in [0.717, 1.165) is 25.2 Å². The largest absolute Gasteiger partial charge is 0.482 e. The number of aromatic nitrogens is 1. The fourth-order valence-corrected chi connectivity index (χ4v) is 3.08. The van der Waals surface area contributed by atoms with E-state index in [9.17, 15) is 0 Å². The highest BCUT2D eigenvalue weighted by Crippen LogP contribution is 2.40. The molecular weight excluding hydrogens is 263 g/mol. The first-order chi connectivity index (χ1) is 9.80. The molecule has 5 heteroatoms. The van der Waals surface area contributed by atoms with Crippen LogP contribution in [0.1, 0.15) is 46.1 Å². The van der Waals surface area contributed by atoms with Crippen LogP contribution < -0.4 is 4.90 Å². The molecular formula is C16H25BN2O2. The summed E-state index contributed by atoms with van der Waals surface area (Å²) < 4.78 is 12.5. The molecule has 21 heavy (non-hydrogen) atoms. The number of aryl methyl sites for hydroxylation is 1. The van der Waals surface area contributed by atoms with E-state index < -0.39 is 0 Å². The smallest absolute Gasteiger partial charge is 0.402 e. The van der Waals surface area contributed by atoms with Gasteiger partial charge >= 0.3 is 7.12 Å². The molecule has 0 bridgehead atoms. The van der Waals surface area contributed by atoms with Gasteiger partial charge in [-0.05, 0) is 65.2 Å². The molecule has 114 valence electrons. The predicted octanol–water partition coefficient (Wildman–Crippen LogP) is 2.99. The molecule has 3 heterocycles. The van der Waals surface area contributed by atoms with Gasteiger partial charge in [0.15, 0.2) is 0 Å². The summed E-state index contributed by atoms with van der Waals surface area (Å²) in [5, 5.41) is 0. The van der Waals surface area contributed by atoms with Gasteiger partial charge in [-0.2, -0.15) is 0 Å². The van der Waals surface area contributed by atoms with Gasteiger partial charge in [-0.15, -0.1) is 0 Å². The maximum atomic E-state index is 6.24. The molecule has 0 aromatic carbocycles. The monoisotopic (exact) mass is 288 g/mol. The molecule has 3 rings (SSSR count). The quantitative estimate of drug-likeness (QED) is 0.784. The third kappa shape index (κ3) is 2.57. The fourth-order valence-electron chi connectivity index (χ4n) is 3.08. The van der Waals surface area contributed by atoms with Gasteiger partial charge in [0.25, 0.3) is 0 Å². The summed E-state index contributed by atoms with van der Waals surface area (Å²) in [4.78, 5) is 6.87. The predicted molar refractivity (Wildman–Crippen MR) is 85.4 cm³/mol. The molecule has 4 nitrogen and oxygen atoms in total. The lowest BCUT2D eigenvalue weighted by atomic mass is 9.76. The highest BCUT2D eigenvalue weighted by molar-refractivity contribution is 6.48. The Labute approximate surface area is 128 Å². The molecule has 1 unspecified atom stereocenters. The van der Waals surface area contributed by atoms with E-state index in [1.807, 2.05) is 12.3 Å². The molecule has 2 aliphatic heterocycles. The van der Waals surface area contributed by atoms with Crippen LogP contribution in [0.4, 0.5) is 5.82 Å². The first kappa shape index (κ1) is 14.9. The van der Waals surface area contributed by atoms with Crippen LogP contribution >= 0.6 is 0 Å². The SMILES string of the molecule is Cc1ccnc(N2CCCC2B2OC(C)(C)C(C)(C)O2)c1. The zero-order chi connectivity index (χ0) is 15.3. The zero-order valence-corrected chi connectivity index (χ0v) is 13.7. The summed E-state index contributed by atoms with van der Waals surface area (Å²) in [5.74, 6) is 1.28. The Hall–Kier alpha value is -1.07. The molecule has 0 amide bonds. The highest BCUT2D eigenvalue weighted by Gasteiger charge is 2.55. The van der Waals surface area contributed by atoms with Crippen molar-refractivity contribution in [3.05, 3.63) is 23.9 Å². The summed E-state index contributed by atoms with van der Waals surface area (Å²) in [6.45, 7) is 11.6. The number of anilines is 1. The minimum atomic E-state index is -0.272. The molecule has 0 saturated carbocycles.